The minimum Gasteiger partial charge on any atom is -0.497 e. The quantitative estimate of drug-likeness (QED) is 0.418. The van der Waals surface area contributed by atoms with Gasteiger partial charge in [0.25, 0.3) is 0 Å². The van der Waals surface area contributed by atoms with Crippen molar-refractivity contribution in [1.82, 2.24) is 15.2 Å². The van der Waals surface area contributed by atoms with E-state index in [2.05, 4.69) is 20.5 Å². The number of rotatable bonds is 7. The van der Waals surface area contributed by atoms with Gasteiger partial charge in [-0.3, -0.25) is 10.1 Å². The third-order valence-corrected chi connectivity index (χ3v) is 6.96. The van der Waals surface area contributed by atoms with Gasteiger partial charge >= 0.3 is 0 Å². The number of fused-ring (bicyclic) bond motifs is 1. The van der Waals surface area contributed by atoms with Crippen molar-refractivity contribution >= 4 is 55.7 Å². The monoisotopic (exact) mass is 444 g/mol. The van der Waals surface area contributed by atoms with Crippen LogP contribution in [0.3, 0.4) is 0 Å². The van der Waals surface area contributed by atoms with Crippen molar-refractivity contribution in [3.63, 3.8) is 0 Å². The van der Waals surface area contributed by atoms with Crippen molar-refractivity contribution in [3.05, 3.63) is 42.5 Å². The summed E-state index contributed by atoms with van der Waals surface area (Å²) < 4.78 is 12.6. The molecule has 0 atom stereocenters. The van der Waals surface area contributed by atoms with Crippen LogP contribution in [0.25, 0.3) is 20.8 Å². The number of anilines is 1. The van der Waals surface area contributed by atoms with E-state index in [4.69, 9.17) is 9.47 Å². The van der Waals surface area contributed by atoms with E-state index in [1.165, 1.54) is 23.1 Å². The maximum absolute atomic E-state index is 12.3. The fourth-order valence-electron chi connectivity index (χ4n) is 2.56. The maximum atomic E-state index is 12.3. The number of methoxy groups -OCH3 is 2. The largest absolute Gasteiger partial charge is 0.497 e. The van der Waals surface area contributed by atoms with Crippen molar-refractivity contribution in [1.29, 1.82) is 0 Å². The van der Waals surface area contributed by atoms with E-state index in [9.17, 15) is 4.79 Å². The summed E-state index contributed by atoms with van der Waals surface area (Å²) in [6.07, 6.45) is 0. The first-order chi connectivity index (χ1) is 14.2. The molecule has 148 valence electrons. The number of para-hydroxylation sites is 1. The second-order valence-electron chi connectivity index (χ2n) is 5.76. The Morgan fingerprint density at radius 1 is 1.10 bits per heavy atom. The Morgan fingerprint density at radius 2 is 1.97 bits per heavy atom. The second-order valence-corrected chi connectivity index (χ2v) is 8.99. The Hall–Kier alpha value is -2.69. The Balaban J connectivity index is 1.41. The number of thiazole rings is 1. The number of amides is 1. The van der Waals surface area contributed by atoms with Gasteiger partial charge in [-0.1, -0.05) is 35.2 Å². The normalized spacial score (nSPS) is 10.8. The van der Waals surface area contributed by atoms with E-state index in [0.717, 1.165) is 20.1 Å². The molecule has 7 nitrogen and oxygen atoms in total. The van der Waals surface area contributed by atoms with Crippen LogP contribution >= 0.6 is 34.4 Å². The Bertz CT molecular complexity index is 1130. The molecule has 0 spiro atoms. The van der Waals surface area contributed by atoms with Crippen LogP contribution in [0.1, 0.15) is 0 Å². The molecule has 4 aromatic rings. The van der Waals surface area contributed by atoms with E-state index in [1.54, 1.807) is 25.6 Å². The van der Waals surface area contributed by atoms with Crippen molar-refractivity contribution < 1.29 is 14.3 Å². The average molecular weight is 445 g/mol. The number of nitrogens with one attached hydrogen (secondary N) is 1. The summed E-state index contributed by atoms with van der Waals surface area (Å²) in [5.41, 5.74) is 1.70. The van der Waals surface area contributed by atoms with Crippen LogP contribution in [0, 0.1) is 0 Å². The Labute approximate surface area is 179 Å². The molecule has 2 aromatic heterocycles. The van der Waals surface area contributed by atoms with E-state index in [0.29, 0.717) is 21.6 Å². The van der Waals surface area contributed by atoms with Gasteiger partial charge in [0.15, 0.2) is 9.35 Å². The Kier molecular flexibility index (Phi) is 5.93. The zero-order valence-corrected chi connectivity index (χ0v) is 18.0. The van der Waals surface area contributed by atoms with Crippen LogP contribution in [-0.4, -0.2) is 41.1 Å². The zero-order chi connectivity index (χ0) is 20.2. The summed E-state index contributed by atoms with van der Waals surface area (Å²) in [4.78, 5) is 16.8. The van der Waals surface area contributed by atoms with Gasteiger partial charge in [0.05, 0.1) is 35.8 Å². The fourth-order valence-corrected chi connectivity index (χ4v) is 5.21. The van der Waals surface area contributed by atoms with Gasteiger partial charge in [-0.05, 0) is 30.3 Å². The number of carbonyl (C=O) groups is 1. The molecule has 0 radical (unpaired) electrons. The van der Waals surface area contributed by atoms with E-state index in [-0.39, 0.29) is 11.7 Å². The zero-order valence-electron chi connectivity index (χ0n) is 15.5. The molecule has 2 aromatic carbocycles. The molecule has 29 heavy (non-hydrogen) atoms. The molecule has 0 unspecified atom stereocenters. The maximum Gasteiger partial charge on any atom is 0.236 e. The Morgan fingerprint density at radius 3 is 2.76 bits per heavy atom. The summed E-state index contributed by atoms with van der Waals surface area (Å²) >= 11 is 4.25. The lowest BCUT2D eigenvalue weighted by atomic mass is 10.2. The number of nitrogens with zero attached hydrogens (tertiary/aromatic N) is 3. The molecule has 1 amide bonds. The fraction of sp³-hybridized carbons (Fsp3) is 0.158. The molecular formula is C19H16N4O3S3. The molecular weight excluding hydrogens is 428 g/mol. The third kappa shape index (κ3) is 4.50. The number of hydrogen-bond acceptors (Lipinski definition) is 9. The van der Waals surface area contributed by atoms with Gasteiger partial charge in [-0.2, -0.15) is 0 Å². The first-order valence-electron chi connectivity index (χ1n) is 8.50. The highest BCUT2D eigenvalue weighted by Crippen LogP contribution is 2.36. The first kappa shape index (κ1) is 19.6. The standard InChI is InChI=1S/C19H16N4O3S3/c1-25-11-7-8-14(26-2)12(9-11)17-22-23-18(29-17)21-16(24)10-27-19-20-13-5-3-4-6-15(13)28-19/h3-9H,10H2,1-2H3,(H,21,23,24). The summed E-state index contributed by atoms with van der Waals surface area (Å²) in [5.74, 6) is 1.44. The molecule has 4 rings (SSSR count). The highest BCUT2D eigenvalue weighted by atomic mass is 32.2. The molecule has 2 heterocycles. The summed E-state index contributed by atoms with van der Waals surface area (Å²) in [6.45, 7) is 0. The van der Waals surface area contributed by atoms with Gasteiger partial charge in [0.2, 0.25) is 11.0 Å². The van der Waals surface area contributed by atoms with Crippen molar-refractivity contribution in [2.45, 2.75) is 4.34 Å². The van der Waals surface area contributed by atoms with E-state index in [1.807, 2.05) is 42.5 Å². The van der Waals surface area contributed by atoms with Crippen LogP contribution in [0.15, 0.2) is 46.8 Å². The molecule has 1 N–H and O–H groups in total. The van der Waals surface area contributed by atoms with Gasteiger partial charge < -0.3 is 9.47 Å². The number of thioether (sulfide) groups is 1. The van der Waals surface area contributed by atoms with Gasteiger partial charge in [0.1, 0.15) is 11.5 Å². The van der Waals surface area contributed by atoms with Crippen molar-refractivity contribution in [2.24, 2.45) is 0 Å². The number of ether oxygens (including phenoxy) is 2. The van der Waals surface area contributed by atoms with Crippen LogP contribution in [0.5, 0.6) is 11.5 Å². The first-order valence-corrected chi connectivity index (χ1v) is 11.1. The van der Waals surface area contributed by atoms with Crippen LogP contribution in [-0.2, 0) is 4.79 Å². The molecule has 0 aliphatic carbocycles. The van der Waals surface area contributed by atoms with E-state index >= 15 is 0 Å². The summed E-state index contributed by atoms with van der Waals surface area (Å²) in [7, 11) is 3.19. The van der Waals surface area contributed by atoms with Crippen LogP contribution in [0.2, 0.25) is 0 Å². The lowest BCUT2D eigenvalue weighted by molar-refractivity contribution is -0.113. The van der Waals surface area contributed by atoms with Gasteiger partial charge in [0, 0.05) is 0 Å². The number of benzene rings is 2. The minimum atomic E-state index is -0.158. The summed E-state index contributed by atoms with van der Waals surface area (Å²) in [6, 6.07) is 13.4. The SMILES string of the molecule is COc1ccc(OC)c(-c2nnc(NC(=O)CSc3nc4ccccc4s3)s2)c1. The topological polar surface area (TPSA) is 86.2 Å². The lowest BCUT2D eigenvalue weighted by Crippen LogP contribution is -2.13. The highest BCUT2D eigenvalue weighted by molar-refractivity contribution is 8.01. The molecule has 0 saturated carbocycles. The number of aromatic nitrogens is 3. The van der Waals surface area contributed by atoms with Crippen molar-refractivity contribution in [3.8, 4) is 22.1 Å². The molecule has 10 heteroatoms. The molecule has 0 aliphatic rings. The highest BCUT2D eigenvalue weighted by Gasteiger charge is 2.15. The second kappa shape index (κ2) is 8.76. The van der Waals surface area contributed by atoms with Crippen molar-refractivity contribution in [2.75, 3.05) is 25.3 Å². The number of hydrogen-bond donors (Lipinski definition) is 1. The predicted octanol–water partition coefficient (Wildman–Crippen LogP) is 4.56. The van der Waals surface area contributed by atoms with Gasteiger partial charge in [-0.15, -0.1) is 21.5 Å². The lowest BCUT2D eigenvalue weighted by Gasteiger charge is -2.07. The van der Waals surface area contributed by atoms with Crippen LogP contribution < -0.4 is 14.8 Å². The number of carbonyl (C=O) groups excluding carboxylic acids is 1. The molecule has 0 bridgehead atoms. The molecule has 0 fully saturated rings. The van der Waals surface area contributed by atoms with Crippen LogP contribution in [0.4, 0.5) is 5.13 Å². The molecule has 0 saturated heterocycles. The molecule has 0 aliphatic heterocycles. The predicted molar refractivity (Wildman–Crippen MR) is 117 cm³/mol. The third-order valence-electron chi connectivity index (χ3n) is 3.91. The summed E-state index contributed by atoms with van der Waals surface area (Å²) in [5, 5.41) is 12.1. The van der Waals surface area contributed by atoms with Gasteiger partial charge in [-0.25, -0.2) is 4.98 Å². The van der Waals surface area contributed by atoms with E-state index < -0.39 is 0 Å². The average Bonchev–Trinajstić information content (AvgIpc) is 3.38. The minimum absolute atomic E-state index is 0.158. The smallest absolute Gasteiger partial charge is 0.236 e.